The number of rotatable bonds is 6. The van der Waals surface area contributed by atoms with E-state index in [1.54, 1.807) is 42.5 Å². The van der Waals surface area contributed by atoms with E-state index >= 15 is 0 Å². The molecule has 1 heterocycles. The van der Waals surface area contributed by atoms with Gasteiger partial charge in [-0.2, -0.15) is 0 Å². The SMILES string of the molecule is C=CCN1C(=O)[C@@](O)(CC(=O)c2ccc(C(C)C)cc2)c2ccccc21. The van der Waals surface area contributed by atoms with Crippen molar-refractivity contribution < 1.29 is 14.7 Å². The first-order chi connectivity index (χ1) is 12.4. The van der Waals surface area contributed by atoms with Crippen molar-refractivity contribution in [3.63, 3.8) is 0 Å². The van der Waals surface area contributed by atoms with E-state index in [-0.39, 0.29) is 18.7 Å². The number of benzene rings is 2. The molecule has 2 aromatic carbocycles. The van der Waals surface area contributed by atoms with Crippen LogP contribution in [0.25, 0.3) is 0 Å². The summed E-state index contributed by atoms with van der Waals surface area (Å²) in [6, 6.07) is 14.4. The molecule has 26 heavy (non-hydrogen) atoms. The Morgan fingerprint density at radius 1 is 1.19 bits per heavy atom. The van der Waals surface area contributed by atoms with Crippen LogP contribution in [0.2, 0.25) is 0 Å². The highest BCUT2D eigenvalue weighted by atomic mass is 16.3. The Labute approximate surface area is 153 Å². The molecule has 0 radical (unpaired) electrons. The van der Waals surface area contributed by atoms with Crippen molar-refractivity contribution in [1.82, 2.24) is 0 Å². The minimum atomic E-state index is -1.84. The average Bonchev–Trinajstić information content (AvgIpc) is 2.84. The van der Waals surface area contributed by atoms with Crippen LogP contribution < -0.4 is 4.90 Å². The molecule has 0 unspecified atom stereocenters. The molecule has 1 amide bonds. The Morgan fingerprint density at radius 2 is 1.85 bits per heavy atom. The van der Waals surface area contributed by atoms with Gasteiger partial charge in [-0.1, -0.05) is 62.4 Å². The number of carbonyl (C=O) groups is 2. The molecule has 0 bridgehead atoms. The zero-order valence-corrected chi connectivity index (χ0v) is 15.1. The largest absolute Gasteiger partial charge is 0.375 e. The van der Waals surface area contributed by atoms with Crippen molar-refractivity contribution in [3.05, 3.63) is 77.9 Å². The summed E-state index contributed by atoms with van der Waals surface area (Å²) in [6.45, 7) is 8.13. The van der Waals surface area contributed by atoms with E-state index in [0.717, 1.165) is 5.56 Å². The Bertz CT molecular complexity index is 854. The predicted molar refractivity (Wildman–Crippen MR) is 102 cm³/mol. The Balaban J connectivity index is 1.91. The van der Waals surface area contributed by atoms with Crippen molar-refractivity contribution in [2.75, 3.05) is 11.4 Å². The van der Waals surface area contributed by atoms with Gasteiger partial charge in [0, 0.05) is 17.7 Å². The van der Waals surface area contributed by atoms with Gasteiger partial charge in [-0.15, -0.1) is 6.58 Å². The number of amides is 1. The number of carbonyl (C=O) groups excluding carboxylic acids is 2. The first kappa shape index (κ1) is 18.1. The van der Waals surface area contributed by atoms with Crippen molar-refractivity contribution in [2.45, 2.75) is 31.8 Å². The minimum absolute atomic E-state index is 0.258. The predicted octanol–water partition coefficient (Wildman–Crippen LogP) is 3.80. The van der Waals surface area contributed by atoms with E-state index in [4.69, 9.17) is 0 Å². The zero-order valence-electron chi connectivity index (χ0n) is 15.1. The third kappa shape index (κ3) is 2.97. The highest BCUT2D eigenvalue weighted by Gasteiger charge is 2.50. The molecule has 1 aliphatic rings. The first-order valence-electron chi connectivity index (χ1n) is 8.76. The number of aliphatic hydroxyl groups is 1. The van der Waals surface area contributed by atoms with E-state index in [1.807, 2.05) is 12.1 Å². The number of ketones is 1. The molecule has 0 aliphatic carbocycles. The molecule has 0 saturated carbocycles. The molecule has 0 fully saturated rings. The Morgan fingerprint density at radius 3 is 2.46 bits per heavy atom. The molecule has 1 N–H and O–H groups in total. The maximum atomic E-state index is 12.9. The summed E-state index contributed by atoms with van der Waals surface area (Å²) in [6.07, 6.45) is 1.32. The van der Waals surface area contributed by atoms with Crippen LogP contribution in [0.1, 0.15) is 47.7 Å². The highest BCUT2D eigenvalue weighted by molar-refractivity contribution is 6.10. The van der Waals surface area contributed by atoms with Crippen LogP contribution in [-0.4, -0.2) is 23.3 Å². The number of anilines is 1. The summed E-state index contributed by atoms with van der Waals surface area (Å²) in [7, 11) is 0. The summed E-state index contributed by atoms with van der Waals surface area (Å²) >= 11 is 0. The maximum absolute atomic E-state index is 12.9. The maximum Gasteiger partial charge on any atom is 0.264 e. The standard InChI is InChI=1S/C22H23NO3/c1-4-13-23-19-8-6-5-7-18(19)22(26,21(23)25)14-20(24)17-11-9-16(10-12-17)15(2)3/h4-12,15,26H,1,13-14H2,2-3H3/t22-/m1/s1. The number of para-hydroxylation sites is 1. The van der Waals surface area contributed by atoms with Gasteiger partial charge in [0.1, 0.15) is 0 Å². The van der Waals surface area contributed by atoms with Gasteiger partial charge >= 0.3 is 0 Å². The average molecular weight is 349 g/mol. The fourth-order valence-corrected chi connectivity index (χ4v) is 3.38. The van der Waals surface area contributed by atoms with Crippen LogP contribution in [0.4, 0.5) is 5.69 Å². The van der Waals surface area contributed by atoms with Crippen LogP contribution >= 0.6 is 0 Å². The van der Waals surface area contributed by atoms with E-state index in [1.165, 1.54) is 4.90 Å². The number of fused-ring (bicyclic) bond motifs is 1. The molecule has 0 saturated heterocycles. The Kier molecular flexibility index (Phi) is 4.79. The molecule has 134 valence electrons. The van der Waals surface area contributed by atoms with Gasteiger partial charge in [0.05, 0.1) is 12.1 Å². The molecule has 1 aliphatic heterocycles. The summed E-state index contributed by atoms with van der Waals surface area (Å²) in [5, 5.41) is 11.1. The van der Waals surface area contributed by atoms with Crippen molar-refractivity contribution in [1.29, 1.82) is 0 Å². The van der Waals surface area contributed by atoms with Crippen molar-refractivity contribution >= 4 is 17.4 Å². The summed E-state index contributed by atoms with van der Waals surface area (Å²) in [5.74, 6) is -0.365. The van der Waals surface area contributed by atoms with Gasteiger partial charge in [-0.25, -0.2) is 0 Å². The second kappa shape index (κ2) is 6.89. The fourth-order valence-electron chi connectivity index (χ4n) is 3.38. The van der Waals surface area contributed by atoms with Gasteiger partial charge in [-0.05, 0) is 17.5 Å². The topological polar surface area (TPSA) is 57.6 Å². The molecule has 0 spiro atoms. The lowest BCUT2D eigenvalue weighted by molar-refractivity contribution is -0.135. The summed E-state index contributed by atoms with van der Waals surface area (Å²) in [5.41, 5.74) is 0.893. The van der Waals surface area contributed by atoms with Gasteiger partial charge in [-0.3, -0.25) is 9.59 Å². The molecule has 4 nitrogen and oxygen atoms in total. The van der Waals surface area contributed by atoms with Crippen LogP contribution in [0.15, 0.2) is 61.2 Å². The fraction of sp³-hybridized carbons (Fsp3) is 0.273. The van der Waals surface area contributed by atoms with Gasteiger partial charge in [0.25, 0.3) is 5.91 Å². The second-order valence-electron chi connectivity index (χ2n) is 6.96. The van der Waals surface area contributed by atoms with Gasteiger partial charge in [0.15, 0.2) is 11.4 Å². The molecular formula is C22H23NO3. The lowest BCUT2D eigenvalue weighted by atomic mass is 9.87. The normalized spacial score (nSPS) is 18.9. The second-order valence-corrected chi connectivity index (χ2v) is 6.96. The highest BCUT2D eigenvalue weighted by Crippen LogP contribution is 2.42. The minimum Gasteiger partial charge on any atom is -0.375 e. The van der Waals surface area contributed by atoms with Crippen molar-refractivity contribution in [2.24, 2.45) is 0 Å². The lowest BCUT2D eigenvalue weighted by Gasteiger charge is -2.22. The molecule has 3 rings (SSSR count). The summed E-state index contributed by atoms with van der Waals surface area (Å²) in [4.78, 5) is 27.1. The smallest absolute Gasteiger partial charge is 0.264 e. The lowest BCUT2D eigenvalue weighted by Crippen LogP contribution is -2.41. The first-order valence-corrected chi connectivity index (χ1v) is 8.76. The zero-order chi connectivity index (χ0) is 18.9. The monoisotopic (exact) mass is 349 g/mol. The number of nitrogens with zero attached hydrogens (tertiary/aromatic N) is 1. The Hall–Kier alpha value is -2.72. The van der Waals surface area contributed by atoms with E-state index in [9.17, 15) is 14.7 Å². The number of Topliss-reactive ketones (excluding diaryl/α,β-unsaturated/α-hetero) is 1. The molecule has 0 aromatic heterocycles. The van der Waals surface area contributed by atoms with Crippen LogP contribution in [0, 0.1) is 0 Å². The van der Waals surface area contributed by atoms with E-state index in [2.05, 4.69) is 20.4 Å². The van der Waals surface area contributed by atoms with Gasteiger partial charge < -0.3 is 10.0 Å². The molecular weight excluding hydrogens is 326 g/mol. The van der Waals surface area contributed by atoms with E-state index in [0.29, 0.717) is 22.7 Å². The van der Waals surface area contributed by atoms with Gasteiger partial charge in [0.2, 0.25) is 0 Å². The van der Waals surface area contributed by atoms with Crippen LogP contribution in [-0.2, 0) is 10.4 Å². The van der Waals surface area contributed by atoms with Crippen LogP contribution in [0.3, 0.4) is 0 Å². The molecule has 2 aromatic rings. The molecule has 4 heteroatoms. The number of hydrogen-bond acceptors (Lipinski definition) is 3. The summed E-state index contributed by atoms with van der Waals surface area (Å²) < 4.78 is 0. The number of hydrogen-bond donors (Lipinski definition) is 1. The van der Waals surface area contributed by atoms with Crippen molar-refractivity contribution in [3.8, 4) is 0 Å². The third-order valence-corrected chi connectivity index (χ3v) is 4.87. The third-order valence-electron chi connectivity index (χ3n) is 4.87. The van der Waals surface area contributed by atoms with Crippen LogP contribution in [0.5, 0.6) is 0 Å². The van der Waals surface area contributed by atoms with E-state index < -0.39 is 11.5 Å². The quantitative estimate of drug-likeness (QED) is 0.637. The molecule has 1 atom stereocenters.